The maximum Gasteiger partial charge on any atom is 0.429 e. The van der Waals surface area contributed by atoms with E-state index in [9.17, 15) is 22.8 Å². The van der Waals surface area contributed by atoms with Gasteiger partial charge in [0.25, 0.3) is 0 Å². The number of aliphatic hydroxyl groups is 1. The van der Waals surface area contributed by atoms with Gasteiger partial charge in [0.2, 0.25) is 0 Å². The van der Waals surface area contributed by atoms with Crippen LogP contribution in [0.25, 0.3) is 0 Å². The minimum absolute atomic E-state index is 0.0569. The maximum absolute atomic E-state index is 12.8. The highest BCUT2D eigenvalue weighted by Crippen LogP contribution is 2.27. The number of halogens is 4. The van der Waals surface area contributed by atoms with E-state index in [4.69, 9.17) is 22.1 Å². The molecule has 0 bridgehead atoms. The van der Waals surface area contributed by atoms with Crippen molar-refractivity contribution in [2.24, 2.45) is 4.99 Å². The number of aliphatic hydroxyl groups excluding tert-OH is 1. The summed E-state index contributed by atoms with van der Waals surface area (Å²) in [6.07, 6.45) is -5.64. The molecule has 152 valence electrons. The van der Waals surface area contributed by atoms with Gasteiger partial charge in [0.05, 0.1) is 22.0 Å². The zero-order chi connectivity index (χ0) is 21.6. The summed E-state index contributed by atoms with van der Waals surface area (Å²) in [5.41, 5.74) is -1.22. The molecule has 0 unspecified atom stereocenters. The van der Waals surface area contributed by atoms with Crippen molar-refractivity contribution in [3.05, 3.63) is 64.7 Å². The van der Waals surface area contributed by atoms with Gasteiger partial charge < -0.3 is 15.3 Å². The maximum atomic E-state index is 12.8. The largest absolute Gasteiger partial charge is 0.429 e. The minimum Gasteiger partial charge on any atom is -0.388 e. The first kappa shape index (κ1) is 22.3. The van der Waals surface area contributed by atoms with Crippen LogP contribution in [0, 0.1) is 5.41 Å². The number of ether oxygens (including phenoxy) is 1. The molecule has 0 atom stereocenters. The normalized spacial score (nSPS) is 11.8. The molecule has 2 N–H and O–H groups in total. The first-order valence-corrected chi connectivity index (χ1v) is 8.42. The minimum atomic E-state index is -4.82. The van der Waals surface area contributed by atoms with Crippen LogP contribution in [0.2, 0.25) is 5.02 Å². The first-order chi connectivity index (χ1) is 13.6. The smallest absolute Gasteiger partial charge is 0.388 e. The number of hydrogen-bond donors (Lipinski definition) is 2. The fraction of sp³-hybridized carbons (Fsp3) is 0.158. The van der Waals surface area contributed by atoms with Crippen molar-refractivity contribution < 1.29 is 32.6 Å². The molecule has 0 fully saturated rings. The molecule has 0 aromatic heterocycles. The molecule has 0 amide bonds. The Kier molecular flexibility index (Phi) is 7.24. The monoisotopic (exact) mass is 426 g/mol. The van der Waals surface area contributed by atoms with E-state index >= 15 is 0 Å². The molecular formula is C19H14ClF3N2O4. The third kappa shape index (κ3) is 6.23. The molecule has 0 aliphatic rings. The number of nitrogens with zero attached hydrogens (tertiary/aromatic N) is 1. The Bertz CT molecular complexity index is 957. The lowest BCUT2D eigenvalue weighted by Crippen LogP contribution is -2.25. The van der Waals surface area contributed by atoms with E-state index in [1.807, 2.05) is 0 Å². The van der Waals surface area contributed by atoms with Crippen LogP contribution >= 0.6 is 11.6 Å². The Balaban J connectivity index is 2.38. The van der Waals surface area contributed by atoms with E-state index in [-0.39, 0.29) is 27.5 Å². The Hall–Kier alpha value is -3.04. The second-order valence-electron chi connectivity index (χ2n) is 5.66. The van der Waals surface area contributed by atoms with E-state index in [1.165, 1.54) is 36.4 Å². The molecule has 0 heterocycles. The number of benzene rings is 2. The van der Waals surface area contributed by atoms with Gasteiger partial charge in [-0.1, -0.05) is 35.9 Å². The quantitative estimate of drug-likeness (QED) is 0.412. The third-order valence-electron chi connectivity index (χ3n) is 3.58. The number of para-hydroxylation sites is 1. The molecule has 2 aromatic rings. The standard InChI is InChI=1S/C19H14ClF3N2O4/c20-13-3-1-2-4-14(13)25-15(9-16(24)19(21,22)23)11-5-7-12(8-6-11)18(28)29-17(27)10-26/h1-8,24,26H,9-10H2. The summed E-state index contributed by atoms with van der Waals surface area (Å²) in [7, 11) is 0. The van der Waals surface area contributed by atoms with Gasteiger partial charge in [0.15, 0.2) is 0 Å². The summed E-state index contributed by atoms with van der Waals surface area (Å²) in [5.74, 6) is -2.16. The number of aliphatic imine (C=N–C) groups is 1. The Morgan fingerprint density at radius 3 is 2.21 bits per heavy atom. The van der Waals surface area contributed by atoms with Crippen LogP contribution < -0.4 is 0 Å². The number of carbonyl (C=O) groups is 2. The molecule has 0 aliphatic carbocycles. The van der Waals surface area contributed by atoms with Crippen LogP contribution in [-0.2, 0) is 9.53 Å². The van der Waals surface area contributed by atoms with Crippen molar-refractivity contribution in [1.82, 2.24) is 0 Å². The van der Waals surface area contributed by atoms with Crippen LogP contribution in [0.4, 0.5) is 18.9 Å². The lowest BCUT2D eigenvalue weighted by Gasteiger charge is -2.12. The Labute approximate surface area is 168 Å². The highest BCUT2D eigenvalue weighted by Gasteiger charge is 2.35. The second-order valence-corrected chi connectivity index (χ2v) is 6.07. The van der Waals surface area contributed by atoms with Crippen molar-refractivity contribution in [3.8, 4) is 0 Å². The number of hydrogen-bond acceptors (Lipinski definition) is 6. The predicted octanol–water partition coefficient (Wildman–Crippen LogP) is 4.11. The van der Waals surface area contributed by atoms with Gasteiger partial charge in [0, 0.05) is 6.42 Å². The van der Waals surface area contributed by atoms with Crippen LogP contribution in [-0.4, -0.2) is 41.3 Å². The van der Waals surface area contributed by atoms with Crippen molar-refractivity contribution >= 4 is 40.7 Å². The van der Waals surface area contributed by atoms with Crippen molar-refractivity contribution in [3.63, 3.8) is 0 Å². The lowest BCUT2D eigenvalue weighted by atomic mass is 10.0. The molecule has 0 aliphatic heterocycles. The van der Waals surface area contributed by atoms with Gasteiger partial charge >= 0.3 is 18.1 Å². The van der Waals surface area contributed by atoms with E-state index in [2.05, 4.69) is 9.73 Å². The average molecular weight is 427 g/mol. The third-order valence-corrected chi connectivity index (χ3v) is 3.90. The van der Waals surface area contributed by atoms with Crippen LogP contribution in [0.1, 0.15) is 22.3 Å². The summed E-state index contributed by atoms with van der Waals surface area (Å²) in [6, 6.07) is 11.3. The van der Waals surface area contributed by atoms with Gasteiger partial charge in [-0.15, -0.1) is 0 Å². The molecule has 0 saturated carbocycles. The van der Waals surface area contributed by atoms with Crippen LogP contribution in [0.3, 0.4) is 0 Å². The van der Waals surface area contributed by atoms with Crippen molar-refractivity contribution in [1.29, 1.82) is 5.41 Å². The molecule has 6 nitrogen and oxygen atoms in total. The molecule has 0 saturated heterocycles. The molecule has 0 radical (unpaired) electrons. The van der Waals surface area contributed by atoms with Gasteiger partial charge in [-0.3, -0.25) is 4.99 Å². The summed E-state index contributed by atoms with van der Waals surface area (Å²) < 4.78 is 42.9. The molecular weight excluding hydrogens is 413 g/mol. The molecule has 29 heavy (non-hydrogen) atoms. The second kappa shape index (κ2) is 9.44. The fourth-order valence-electron chi connectivity index (χ4n) is 2.15. The lowest BCUT2D eigenvalue weighted by molar-refractivity contribution is -0.141. The SMILES string of the molecule is N=C(CC(=Nc1ccccc1Cl)c1ccc(C(=O)OC(=O)CO)cc1)C(F)(F)F. The number of carbonyl (C=O) groups excluding carboxylic acids is 2. The highest BCUT2D eigenvalue weighted by molar-refractivity contribution is 6.33. The number of nitrogens with one attached hydrogen (secondary N) is 1. The summed E-state index contributed by atoms with van der Waals surface area (Å²) >= 11 is 6.01. The predicted molar refractivity (Wildman–Crippen MR) is 100.0 cm³/mol. The molecule has 2 aromatic carbocycles. The zero-order valence-electron chi connectivity index (χ0n) is 14.7. The summed E-state index contributed by atoms with van der Waals surface area (Å²) in [6.45, 7) is -0.974. The Morgan fingerprint density at radius 1 is 1.07 bits per heavy atom. The van der Waals surface area contributed by atoms with Crippen LogP contribution in [0.5, 0.6) is 0 Å². The zero-order valence-corrected chi connectivity index (χ0v) is 15.4. The topological polar surface area (TPSA) is 99.8 Å². The summed E-state index contributed by atoms with van der Waals surface area (Å²) in [5, 5.41) is 16.1. The first-order valence-electron chi connectivity index (χ1n) is 8.05. The van der Waals surface area contributed by atoms with E-state index in [0.717, 1.165) is 0 Å². The van der Waals surface area contributed by atoms with Gasteiger partial charge in [0.1, 0.15) is 12.3 Å². The number of rotatable bonds is 6. The van der Waals surface area contributed by atoms with Crippen LogP contribution in [0.15, 0.2) is 53.5 Å². The van der Waals surface area contributed by atoms with Gasteiger partial charge in [-0.25, -0.2) is 9.59 Å². The number of esters is 2. The highest BCUT2D eigenvalue weighted by atomic mass is 35.5. The van der Waals surface area contributed by atoms with E-state index in [0.29, 0.717) is 0 Å². The molecule has 2 rings (SSSR count). The Morgan fingerprint density at radius 2 is 1.66 bits per heavy atom. The summed E-state index contributed by atoms with van der Waals surface area (Å²) in [4.78, 5) is 26.9. The van der Waals surface area contributed by atoms with E-state index in [1.54, 1.807) is 12.1 Å². The van der Waals surface area contributed by atoms with Crippen molar-refractivity contribution in [2.75, 3.05) is 6.61 Å². The van der Waals surface area contributed by atoms with Gasteiger partial charge in [-0.05, 0) is 29.8 Å². The van der Waals surface area contributed by atoms with E-state index < -0.39 is 36.9 Å². The molecule has 10 heteroatoms. The molecule has 0 spiro atoms. The number of alkyl halides is 3. The van der Waals surface area contributed by atoms with Gasteiger partial charge in [-0.2, -0.15) is 13.2 Å². The fourth-order valence-corrected chi connectivity index (χ4v) is 2.33. The average Bonchev–Trinajstić information content (AvgIpc) is 2.68. The van der Waals surface area contributed by atoms with Crippen molar-refractivity contribution in [2.45, 2.75) is 12.6 Å².